The molecular formula is C10H13Cl2NO. The molecule has 0 saturated carbocycles. The lowest BCUT2D eigenvalue weighted by atomic mass is 10.2. The Morgan fingerprint density at radius 3 is 2.79 bits per heavy atom. The minimum atomic E-state index is 0.0602. The van der Waals surface area contributed by atoms with Gasteiger partial charge in [0.05, 0.1) is 16.7 Å². The number of benzene rings is 1. The first kappa shape index (κ1) is 11.8. The Labute approximate surface area is 93.8 Å². The van der Waals surface area contributed by atoms with Crippen LogP contribution in [-0.2, 0) is 6.54 Å². The van der Waals surface area contributed by atoms with E-state index in [1.807, 2.05) is 19.1 Å². The lowest BCUT2D eigenvalue weighted by molar-refractivity contribution is 0.251. The Hall–Kier alpha value is -0.280. The van der Waals surface area contributed by atoms with Gasteiger partial charge in [-0.1, -0.05) is 35.3 Å². The lowest BCUT2D eigenvalue weighted by Gasteiger charge is -2.11. The van der Waals surface area contributed by atoms with E-state index in [9.17, 15) is 0 Å². The van der Waals surface area contributed by atoms with E-state index in [0.717, 1.165) is 5.56 Å². The number of aliphatic hydroxyl groups excluding tert-OH is 1. The number of rotatable bonds is 4. The summed E-state index contributed by atoms with van der Waals surface area (Å²) in [5, 5.41) is 13.1. The summed E-state index contributed by atoms with van der Waals surface area (Å²) in [5.41, 5.74) is 0.944. The maximum atomic E-state index is 8.82. The van der Waals surface area contributed by atoms with E-state index >= 15 is 0 Å². The highest BCUT2D eigenvalue weighted by molar-refractivity contribution is 6.42. The van der Waals surface area contributed by atoms with E-state index in [-0.39, 0.29) is 12.6 Å². The molecule has 0 aliphatic heterocycles. The average molecular weight is 234 g/mol. The van der Waals surface area contributed by atoms with Crippen LogP contribution in [0.3, 0.4) is 0 Å². The zero-order chi connectivity index (χ0) is 10.6. The highest BCUT2D eigenvalue weighted by atomic mass is 35.5. The first-order valence-electron chi connectivity index (χ1n) is 4.42. The monoisotopic (exact) mass is 233 g/mol. The fourth-order valence-corrected chi connectivity index (χ4v) is 1.42. The van der Waals surface area contributed by atoms with Gasteiger partial charge in [0.1, 0.15) is 0 Å². The fraction of sp³-hybridized carbons (Fsp3) is 0.400. The van der Waals surface area contributed by atoms with Crippen LogP contribution in [-0.4, -0.2) is 17.8 Å². The second-order valence-electron chi connectivity index (χ2n) is 3.18. The first-order valence-corrected chi connectivity index (χ1v) is 5.18. The number of hydrogen-bond acceptors (Lipinski definition) is 2. The molecule has 1 aromatic rings. The third kappa shape index (κ3) is 3.14. The highest BCUT2D eigenvalue weighted by Gasteiger charge is 2.05. The third-order valence-corrected chi connectivity index (χ3v) is 2.80. The standard InChI is InChI=1S/C10H13Cl2NO/c1-7(6-14)13-5-8-3-2-4-9(11)10(8)12/h2-4,7,13-14H,5-6H2,1H3/t7-/m0/s1. The van der Waals surface area contributed by atoms with Gasteiger partial charge in [-0.2, -0.15) is 0 Å². The van der Waals surface area contributed by atoms with Crippen LogP contribution in [0.2, 0.25) is 10.0 Å². The van der Waals surface area contributed by atoms with Gasteiger partial charge in [-0.25, -0.2) is 0 Å². The van der Waals surface area contributed by atoms with Gasteiger partial charge in [0.25, 0.3) is 0 Å². The van der Waals surface area contributed by atoms with Crippen molar-refractivity contribution in [3.8, 4) is 0 Å². The summed E-state index contributed by atoms with van der Waals surface area (Å²) >= 11 is 11.8. The summed E-state index contributed by atoms with van der Waals surface area (Å²) in [6.45, 7) is 2.62. The molecule has 0 aliphatic rings. The summed E-state index contributed by atoms with van der Waals surface area (Å²) in [5.74, 6) is 0. The van der Waals surface area contributed by atoms with Crippen LogP contribution in [0.5, 0.6) is 0 Å². The van der Waals surface area contributed by atoms with Crippen LogP contribution in [0.4, 0.5) is 0 Å². The quantitative estimate of drug-likeness (QED) is 0.838. The fourth-order valence-electron chi connectivity index (χ4n) is 1.03. The van der Waals surface area contributed by atoms with Crippen LogP contribution in [0.25, 0.3) is 0 Å². The molecule has 0 aromatic heterocycles. The van der Waals surface area contributed by atoms with Gasteiger partial charge in [-0.05, 0) is 18.6 Å². The van der Waals surface area contributed by atoms with E-state index in [0.29, 0.717) is 16.6 Å². The van der Waals surface area contributed by atoms with Gasteiger partial charge < -0.3 is 10.4 Å². The van der Waals surface area contributed by atoms with Crippen molar-refractivity contribution < 1.29 is 5.11 Å². The smallest absolute Gasteiger partial charge is 0.0637 e. The van der Waals surface area contributed by atoms with Crippen molar-refractivity contribution >= 4 is 23.2 Å². The van der Waals surface area contributed by atoms with Gasteiger partial charge in [-0.15, -0.1) is 0 Å². The number of halogens is 2. The van der Waals surface area contributed by atoms with Crippen molar-refractivity contribution in [2.75, 3.05) is 6.61 Å². The molecule has 2 nitrogen and oxygen atoms in total. The van der Waals surface area contributed by atoms with Crippen molar-refractivity contribution in [3.05, 3.63) is 33.8 Å². The van der Waals surface area contributed by atoms with Crippen LogP contribution in [0.1, 0.15) is 12.5 Å². The molecule has 0 radical (unpaired) electrons. The molecule has 0 heterocycles. The molecule has 1 rings (SSSR count). The molecule has 0 spiro atoms. The SMILES string of the molecule is C[C@@H](CO)NCc1cccc(Cl)c1Cl. The summed E-state index contributed by atoms with van der Waals surface area (Å²) in [6.07, 6.45) is 0. The van der Waals surface area contributed by atoms with Gasteiger partial charge in [0, 0.05) is 12.6 Å². The molecule has 0 bridgehead atoms. The van der Waals surface area contributed by atoms with Crippen molar-refractivity contribution in [3.63, 3.8) is 0 Å². The summed E-state index contributed by atoms with van der Waals surface area (Å²) < 4.78 is 0. The van der Waals surface area contributed by atoms with Gasteiger partial charge in [0.15, 0.2) is 0 Å². The predicted molar refractivity (Wildman–Crippen MR) is 59.8 cm³/mol. The first-order chi connectivity index (χ1) is 6.65. The zero-order valence-corrected chi connectivity index (χ0v) is 9.44. The predicted octanol–water partition coefficient (Wildman–Crippen LogP) is 2.46. The normalized spacial score (nSPS) is 12.9. The van der Waals surface area contributed by atoms with E-state index < -0.39 is 0 Å². The molecule has 1 aromatic carbocycles. The molecule has 0 unspecified atom stereocenters. The molecule has 2 N–H and O–H groups in total. The van der Waals surface area contributed by atoms with Crippen molar-refractivity contribution in [1.29, 1.82) is 0 Å². The molecule has 0 aliphatic carbocycles. The largest absolute Gasteiger partial charge is 0.395 e. The topological polar surface area (TPSA) is 32.3 Å². The van der Waals surface area contributed by atoms with Crippen LogP contribution in [0.15, 0.2) is 18.2 Å². The lowest BCUT2D eigenvalue weighted by Crippen LogP contribution is -2.28. The number of hydrogen-bond donors (Lipinski definition) is 2. The second-order valence-corrected chi connectivity index (χ2v) is 3.96. The van der Waals surface area contributed by atoms with Gasteiger partial charge in [0.2, 0.25) is 0 Å². The molecule has 78 valence electrons. The number of aliphatic hydroxyl groups is 1. The van der Waals surface area contributed by atoms with E-state index in [1.54, 1.807) is 6.07 Å². The van der Waals surface area contributed by atoms with Crippen molar-refractivity contribution in [2.45, 2.75) is 19.5 Å². The Kier molecular flexibility index (Phi) is 4.69. The minimum Gasteiger partial charge on any atom is -0.395 e. The second kappa shape index (κ2) is 5.56. The summed E-state index contributed by atoms with van der Waals surface area (Å²) in [4.78, 5) is 0. The Morgan fingerprint density at radius 2 is 2.14 bits per heavy atom. The summed E-state index contributed by atoms with van der Waals surface area (Å²) in [7, 11) is 0. The van der Waals surface area contributed by atoms with E-state index in [1.165, 1.54) is 0 Å². The summed E-state index contributed by atoms with van der Waals surface area (Å²) in [6, 6.07) is 5.58. The molecule has 0 fully saturated rings. The maximum absolute atomic E-state index is 8.82. The minimum absolute atomic E-state index is 0.0602. The zero-order valence-electron chi connectivity index (χ0n) is 7.93. The van der Waals surface area contributed by atoms with Gasteiger partial charge in [-0.3, -0.25) is 0 Å². The van der Waals surface area contributed by atoms with Crippen LogP contribution in [0, 0.1) is 0 Å². The molecule has 4 heteroatoms. The maximum Gasteiger partial charge on any atom is 0.0637 e. The Morgan fingerprint density at radius 1 is 1.43 bits per heavy atom. The van der Waals surface area contributed by atoms with Crippen molar-refractivity contribution in [2.24, 2.45) is 0 Å². The molecule has 14 heavy (non-hydrogen) atoms. The van der Waals surface area contributed by atoms with Gasteiger partial charge >= 0.3 is 0 Å². The molecule has 1 atom stereocenters. The molecular weight excluding hydrogens is 221 g/mol. The van der Waals surface area contributed by atoms with Crippen molar-refractivity contribution in [1.82, 2.24) is 5.32 Å². The Balaban J connectivity index is 2.63. The van der Waals surface area contributed by atoms with E-state index in [4.69, 9.17) is 28.3 Å². The Bertz CT molecular complexity index is 304. The number of nitrogens with one attached hydrogen (secondary N) is 1. The highest BCUT2D eigenvalue weighted by Crippen LogP contribution is 2.25. The van der Waals surface area contributed by atoms with Crippen LogP contribution < -0.4 is 5.32 Å². The van der Waals surface area contributed by atoms with Crippen LogP contribution >= 0.6 is 23.2 Å². The third-order valence-electron chi connectivity index (χ3n) is 1.95. The van der Waals surface area contributed by atoms with E-state index in [2.05, 4.69) is 5.32 Å². The average Bonchev–Trinajstić information content (AvgIpc) is 2.20. The molecule has 0 saturated heterocycles. The molecule has 0 amide bonds.